The zero-order valence-corrected chi connectivity index (χ0v) is 6.68. The van der Waals surface area contributed by atoms with Gasteiger partial charge in [0.25, 0.3) is 0 Å². The van der Waals surface area contributed by atoms with Gasteiger partial charge in [0.05, 0.1) is 0 Å². The van der Waals surface area contributed by atoms with Crippen molar-refractivity contribution < 1.29 is 4.79 Å². The highest BCUT2D eigenvalue weighted by molar-refractivity contribution is 5.76. The summed E-state index contributed by atoms with van der Waals surface area (Å²) in [7, 11) is 0. The predicted molar refractivity (Wildman–Crippen MR) is 45.8 cm³/mol. The Morgan fingerprint density at radius 3 is 2.58 bits per heavy atom. The molecule has 1 aliphatic rings. The van der Waals surface area contributed by atoms with E-state index in [1.807, 2.05) is 12.1 Å². The normalized spacial score (nSPS) is 15.7. The van der Waals surface area contributed by atoms with Gasteiger partial charge in [0.1, 0.15) is 0 Å². The highest BCUT2D eigenvalue weighted by Crippen LogP contribution is 2.29. The van der Waals surface area contributed by atoms with Crippen LogP contribution in [0, 0.1) is 0 Å². The molecule has 0 aromatic carbocycles. The molecule has 0 aliphatic heterocycles. The van der Waals surface area contributed by atoms with E-state index in [0.29, 0.717) is 6.04 Å². The summed E-state index contributed by atoms with van der Waals surface area (Å²) in [6, 6.07) is 4.14. The van der Waals surface area contributed by atoms with E-state index in [1.165, 1.54) is 0 Å². The summed E-state index contributed by atoms with van der Waals surface area (Å²) in [6.07, 6.45) is 6.55. The van der Waals surface area contributed by atoms with Gasteiger partial charge in [-0.15, -0.1) is 0 Å². The van der Waals surface area contributed by atoms with Crippen LogP contribution in [0.1, 0.15) is 12.8 Å². The maximum absolute atomic E-state index is 10.7. The monoisotopic (exact) mass is 162 g/mol. The van der Waals surface area contributed by atoms with Crippen molar-refractivity contribution >= 4 is 12.1 Å². The lowest BCUT2D eigenvalue weighted by atomic mass is 10.3. The molecule has 0 bridgehead atoms. The number of amides is 1. The zero-order chi connectivity index (χ0) is 8.39. The van der Waals surface area contributed by atoms with E-state index < -0.39 is 0 Å². The number of nitrogens with zero attached hydrogens (tertiary/aromatic N) is 2. The molecule has 0 unspecified atom stereocenters. The summed E-state index contributed by atoms with van der Waals surface area (Å²) in [6.45, 7) is 0. The van der Waals surface area contributed by atoms with Crippen LogP contribution >= 0.6 is 0 Å². The Kier molecular flexibility index (Phi) is 1.78. The third kappa shape index (κ3) is 1.30. The Labute approximate surface area is 71.0 Å². The molecule has 0 atom stereocenters. The summed E-state index contributed by atoms with van der Waals surface area (Å²) < 4.78 is 0. The molecule has 1 heterocycles. The molecule has 1 aromatic rings. The molecule has 1 aliphatic carbocycles. The molecule has 1 amide bonds. The number of rotatable bonds is 3. The van der Waals surface area contributed by atoms with Crippen LogP contribution < -0.4 is 4.90 Å². The average Bonchev–Trinajstić information content (AvgIpc) is 2.92. The van der Waals surface area contributed by atoms with Gasteiger partial charge in [0, 0.05) is 24.1 Å². The molecule has 0 radical (unpaired) electrons. The minimum absolute atomic E-state index is 0.435. The largest absolute Gasteiger partial charge is 0.312 e. The number of carbonyl (C=O) groups is 1. The van der Waals surface area contributed by atoms with E-state index in [2.05, 4.69) is 4.98 Å². The molecule has 12 heavy (non-hydrogen) atoms. The van der Waals surface area contributed by atoms with Crippen LogP contribution in [-0.2, 0) is 4.79 Å². The van der Waals surface area contributed by atoms with E-state index in [4.69, 9.17) is 0 Å². The quantitative estimate of drug-likeness (QED) is 0.626. The van der Waals surface area contributed by atoms with Crippen molar-refractivity contribution in [3.8, 4) is 0 Å². The lowest BCUT2D eigenvalue weighted by Crippen LogP contribution is -2.23. The van der Waals surface area contributed by atoms with Gasteiger partial charge in [-0.05, 0) is 25.0 Å². The third-order valence-electron chi connectivity index (χ3n) is 2.01. The summed E-state index contributed by atoms with van der Waals surface area (Å²) in [5.41, 5.74) is 0.947. The fourth-order valence-electron chi connectivity index (χ4n) is 1.23. The van der Waals surface area contributed by atoms with Crippen molar-refractivity contribution in [1.29, 1.82) is 0 Å². The smallest absolute Gasteiger partial charge is 0.214 e. The van der Waals surface area contributed by atoms with Gasteiger partial charge in [0.15, 0.2) is 0 Å². The minimum Gasteiger partial charge on any atom is -0.312 e. The fraction of sp³-hybridized carbons (Fsp3) is 0.333. The van der Waals surface area contributed by atoms with E-state index >= 15 is 0 Å². The predicted octanol–water partition coefficient (Wildman–Crippen LogP) is 1.21. The van der Waals surface area contributed by atoms with Gasteiger partial charge in [-0.1, -0.05) is 0 Å². The van der Waals surface area contributed by atoms with Crippen LogP contribution in [0.3, 0.4) is 0 Å². The molecule has 3 heteroatoms. The topological polar surface area (TPSA) is 33.2 Å². The van der Waals surface area contributed by atoms with E-state index in [-0.39, 0.29) is 0 Å². The summed E-state index contributed by atoms with van der Waals surface area (Å²) in [5.74, 6) is 0. The first-order valence-electron chi connectivity index (χ1n) is 4.05. The summed E-state index contributed by atoms with van der Waals surface area (Å²) >= 11 is 0. The number of carbonyl (C=O) groups excluding carboxylic acids is 1. The average molecular weight is 162 g/mol. The van der Waals surface area contributed by atoms with Crippen molar-refractivity contribution in [1.82, 2.24) is 4.98 Å². The molecule has 0 N–H and O–H groups in total. The Morgan fingerprint density at radius 1 is 1.42 bits per heavy atom. The first-order chi connectivity index (χ1) is 5.92. The van der Waals surface area contributed by atoms with Crippen molar-refractivity contribution in [2.45, 2.75) is 18.9 Å². The maximum atomic E-state index is 10.7. The molecule has 0 saturated heterocycles. The van der Waals surface area contributed by atoms with Gasteiger partial charge < -0.3 is 4.90 Å². The van der Waals surface area contributed by atoms with Crippen LogP contribution in [0.25, 0.3) is 0 Å². The molecular formula is C9H10N2O. The summed E-state index contributed by atoms with van der Waals surface area (Å²) in [5, 5.41) is 0. The standard InChI is InChI=1S/C9H10N2O/c12-7-11(8-1-2-8)9-3-5-10-6-4-9/h3-8H,1-2H2. The Hall–Kier alpha value is -1.38. The van der Waals surface area contributed by atoms with Gasteiger partial charge in [-0.2, -0.15) is 0 Å². The van der Waals surface area contributed by atoms with E-state index in [0.717, 1.165) is 24.9 Å². The van der Waals surface area contributed by atoms with Crippen LogP contribution in [0.5, 0.6) is 0 Å². The fourth-order valence-corrected chi connectivity index (χ4v) is 1.23. The molecule has 1 saturated carbocycles. The number of aromatic nitrogens is 1. The second-order valence-electron chi connectivity index (χ2n) is 2.95. The van der Waals surface area contributed by atoms with Crippen molar-refractivity contribution in [3.05, 3.63) is 24.5 Å². The second kappa shape index (κ2) is 2.93. The van der Waals surface area contributed by atoms with Crippen LogP contribution in [0.4, 0.5) is 5.69 Å². The van der Waals surface area contributed by atoms with Gasteiger partial charge >= 0.3 is 0 Å². The number of hydrogen-bond acceptors (Lipinski definition) is 2. The van der Waals surface area contributed by atoms with Crippen molar-refractivity contribution in [2.75, 3.05) is 4.90 Å². The van der Waals surface area contributed by atoms with Gasteiger partial charge in [-0.3, -0.25) is 9.78 Å². The molecular weight excluding hydrogens is 152 g/mol. The Bertz CT molecular complexity index is 269. The molecule has 3 nitrogen and oxygen atoms in total. The van der Waals surface area contributed by atoms with Crippen LogP contribution in [0.15, 0.2) is 24.5 Å². The molecule has 62 valence electrons. The first kappa shape index (κ1) is 7.28. The summed E-state index contributed by atoms with van der Waals surface area (Å²) in [4.78, 5) is 16.4. The lowest BCUT2D eigenvalue weighted by molar-refractivity contribution is -0.107. The Balaban J connectivity index is 2.21. The van der Waals surface area contributed by atoms with Crippen molar-refractivity contribution in [2.24, 2.45) is 0 Å². The third-order valence-corrected chi connectivity index (χ3v) is 2.01. The van der Waals surface area contributed by atoms with E-state index in [9.17, 15) is 4.79 Å². The minimum atomic E-state index is 0.435. The zero-order valence-electron chi connectivity index (χ0n) is 6.68. The lowest BCUT2D eigenvalue weighted by Gasteiger charge is -2.15. The highest BCUT2D eigenvalue weighted by atomic mass is 16.1. The van der Waals surface area contributed by atoms with Crippen LogP contribution in [0.2, 0.25) is 0 Å². The molecule has 1 fully saturated rings. The van der Waals surface area contributed by atoms with Gasteiger partial charge in [0.2, 0.25) is 6.41 Å². The number of anilines is 1. The number of pyridine rings is 1. The van der Waals surface area contributed by atoms with E-state index in [1.54, 1.807) is 17.3 Å². The SMILES string of the molecule is O=CN(c1ccncc1)C1CC1. The molecule has 1 aromatic heterocycles. The van der Waals surface area contributed by atoms with Crippen LogP contribution in [-0.4, -0.2) is 17.4 Å². The van der Waals surface area contributed by atoms with Crippen molar-refractivity contribution in [3.63, 3.8) is 0 Å². The number of hydrogen-bond donors (Lipinski definition) is 0. The highest BCUT2D eigenvalue weighted by Gasteiger charge is 2.28. The second-order valence-corrected chi connectivity index (χ2v) is 2.95. The Morgan fingerprint density at radius 2 is 2.08 bits per heavy atom. The molecule has 0 spiro atoms. The molecule has 2 rings (SSSR count). The first-order valence-corrected chi connectivity index (χ1v) is 4.05. The van der Waals surface area contributed by atoms with Gasteiger partial charge in [-0.25, -0.2) is 0 Å². The maximum Gasteiger partial charge on any atom is 0.214 e.